The second-order valence-corrected chi connectivity index (χ2v) is 5.44. The van der Waals surface area contributed by atoms with Gasteiger partial charge in [-0.05, 0) is 47.8 Å². The van der Waals surface area contributed by atoms with Gasteiger partial charge in [-0.25, -0.2) is 4.98 Å². The second kappa shape index (κ2) is 6.83. The Balaban J connectivity index is 2.07. The maximum Gasteiger partial charge on any atom is 0.310 e. The SMILES string of the molecule is CCOC(=O)C1CCCN(C(=O)c2cccnc2Br)C1. The van der Waals surface area contributed by atoms with E-state index in [1.54, 1.807) is 30.2 Å². The molecule has 0 aliphatic carbocycles. The summed E-state index contributed by atoms with van der Waals surface area (Å²) < 4.78 is 5.57. The summed E-state index contributed by atoms with van der Waals surface area (Å²) >= 11 is 3.28. The molecule has 0 radical (unpaired) electrons. The van der Waals surface area contributed by atoms with E-state index in [2.05, 4.69) is 20.9 Å². The number of piperidine rings is 1. The third kappa shape index (κ3) is 3.36. The standard InChI is InChI=1S/C14H17BrN2O3/c1-2-20-14(19)10-5-4-8-17(9-10)13(18)11-6-3-7-16-12(11)15/h3,6-7,10H,2,4-5,8-9H2,1H3. The second-order valence-electron chi connectivity index (χ2n) is 4.68. The van der Waals surface area contributed by atoms with E-state index < -0.39 is 0 Å². The van der Waals surface area contributed by atoms with Crippen molar-refractivity contribution in [3.05, 3.63) is 28.5 Å². The third-order valence-electron chi connectivity index (χ3n) is 3.32. The number of carbonyl (C=O) groups excluding carboxylic acids is 2. The first-order valence-corrected chi connectivity index (χ1v) is 7.49. The van der Waals surface area contributed by atoms with Crippen molar-refractivity contribution >= 4 is 27.8 Å². The largest absolute Gasteiger partial charge is 0.466 e. The molecule has 1 aromatic rings. The number of aromatic nitrogens is 1. The van der Waals surface area contributed by atoms with Crippen molar-refractivity contribution in [3.63, 3.8) is 0 Å². The normalized spacial score (nSPS) is 18.7. The molecule has 6 heteroatoms. The number of halogens is 1. The number of likely N-dealkylation sites (tertiary alicyclic amines) is 1. The molecule has 1 aromatic heterocycles. The first-order valence-electron chi connectivity index (χ1n) is 6.70. The highest BCUT2D eigenvalue weighted by Gasteiger charge is 2.30. The van der Waals surface area contributed by atoms with Gasteiger partial charge in [-0.1, -0.05) is 0 Å². The number of nitrogens with zero attached hydrogens (tertiary/aromatic N) is 2. The molecule has 0 spiro atoms. The first kappa shape index (κ1) is 15.0. The van der Waals surface area contributed by atoms with Crippen LogP contribution in [0, 0.1) is 5.92 Å². The topological polar surface area (TPSA) is 59.5 Å². The maximum absolute atomic E-state index is 12.5. The summed E-state index contributed by atoms with van der Waals surface area (Å²) in [5.41, 5.74) is 0.525. The zero-order valence-electron chi connectivity index (χ0n) is 11.3. The van der Waals surface area contributed by atoms with E-state index in [-0.39, 0.29) is 17.8 Å². The average Bonchev–Trinajstić information content (AvgIpc) is 2.47. The van der Waals surface area contributed by atoms with Gasteiger partial charge in [0.1, 0.15) is 4.60 Å². The van der Waals surface area contributed by atoms with Crippen LogP contribution < -0.4 is 0 Å². The van der Waals surface area contributed by atoms with E-state index in [9.17, 15) is 9.59 Å². The smallest absolute Gasteiger partial charge is 0.310 e. The molecule has 1 atom stereocenters. The molecule has 0 saturated carbocycles. The molecule has 1 fully saturated rings. The Hall–Kier alpha value is -1.43. The third-order valence-corrected chi connectivity index (χ3v) is 3.95. The quantitative estimate of drug-likeness (QED) is 0.625. The molecule has 108 valence electrons. The van der Waals surface area contributed by atoms with Gasteiger partial charge in [0.15, 0.2) is 0 Å². The van der Waals surface area contributed by atoms with E-state index >= 15 is 0 Å². The number of hydrogen-bond acceptors (Lipinski definition) is 4. The molecule has 1 aliphatic rings. The average molecular weight is 341 g/mol. The van der Waals surface area contributed by atoms with Crippen LogP contribution in [0.2, 0.25) is 0 Å². The maximum atomic E-state index is 12.5. The van der Waals surface area contributed by atoms with Gasteiger partial charge in [0.05, 0.1) is 18.1 Å². The Morgan fingerprint density at radius 2 is 2.35 bits per heavy atom. The van der Waals surface area contributed by atoms with Gasteiger partial charge in [-0.3, -0.25) is 9.59 Å². The van der Waals surface area contributed by atoms with Crippen LogP contribution in [0.3, 0.4) is 0 Å². The lowest BCUT2D eigenvalue weighted by Crippen LogP contribution is -2.43. The molecule has 2 heterocycles. The summed E-state index contributed by atoms with van der Waals surface area (Å²) in [5.74, 6) is -0.530. The van der Waals surface area contributed by atoms with Gasteiger partial charge < -0.3 is 9.64 Å². The van der Waals surface area contributed by atoms with Crippen LogP contribution in [-0.2, 0) is 9.53 Å². The molecular weight excluding hydrogens is 324 g/mol. The molecule has 1 unspecified atom stereocenters. The minimum atomic E-state index is -0.219. The van der Waals surface area contributed by atoms with Crippen LogP contribution in [0.1, 0.15) is 30.1 Å². The van der Waals surface area contributed by atoms with Crippen molar-refractivity contribution in [2.75, 3.05) is 19.7 Å². The minimum Gasteiger partial charge on any atom is -0.466 e. The molecule has 2 rings (SSSR count). The van der Waals surface area contributed by atoms with Crippen molar-refractivity contribution in [1.82, 2.24) is 9.88 Å². The van der Waals surface area contributed by atoms with Gasteiger partial charge in [-0.2, -0.15) is 0 Å². The number of rotatable bonds is 3. The Bertz CT molecular complexity index is 507. The van der Waals surface area contributed by atoms with Crippen molar-refractivity contribution in [2.24, 2.45) is 5.92 Å². The van der Waals surface area contributed by atoms with Crippen molar-refractivity contribution in [1.29, 1.82) is 0 Å². The Morgan fingerprint density at radius 1 is 1.55 bits per heavy atom. The fourth-order valence-electron chi connectivity index (χ4n) is 2.33. The van der Waals surface area contributed by atoms with Gasteiger partial charge in [0.2, 0.25) is 0 Å². The van der Waals surface area contributed by atoms with Crippen molar-refractivity contribution in [2.45, 2.75) is 19.8 Å². The number of amides is 1. The predicted molar refractivity (Wildman–Crippen MR) is 77.2 cm³/mol. The Kier molecular flexibility index (Phi) is 5.11. The molecule has 1 saturated heterocycles. The van der Waals surface area contributed by atoms with Gasteiger partial charge in [0, 0.05) is 19.3 Å². The van der Waals surface area contributed by atoms with Crippen molar-refractivity contribution < 1.29 is 14.3 Å². The van der Waals surface area contributed by atoms with Crippen LogP contribution in [-0.4, -0.2) is 41.5 Å². The molecule has 1 amide bonds. The van der Waals surface area contributed by atoms with E-state index in [0.717, 1.165) is 12.8 Å². The van der Waals surface area contributed by atoms with Crippen LogP contribution in [0.4, 0.5) is 0 Å². The molecule has 5 nitrogen and oxygen atoms in total. The fourth-order valence-corrected chi connectivity index (χ4v) is 2.75. The van der Waals surface area contributed by atoms with Gasteiger partial charge in [0.25, 0.3) is 5.91 Å². The monoisotopic (exact) mass is 340 g/mol. The molecule has 0 N–H and O–H groups in total. The Morgan fingerprint density at radius 3 is 3.05 bits per heavy atom. The van der Waals surface area contributed by atoms with E-state index in [0.29, 0.717) is 29.9 Å². The fraction of sp³-hybridized carbons (Fsp3) is 0.500. The number of esters is 1. The lowest BCUT2D eigenvalue weighted by molar-refractivity contribution is -0.149. The first-order chi connectivity index (χ1) is 9.63. The zero-order chi connectivity index (χ0) is 14.5. The summed E-state index contributed by atoms with van der Waals surface area (Å²) in [6.07, 6.45) is 3.21. The number of hydrogen-bond donors (Lipinski definition) is 0. The highest BCUT2D eigenvalue weighted by atomic mass is 79.9. The lowest BCUT2D eigenvalue weighted by atomic mass is 9.97. The zero-order valence-corrected chi connectivity index (χ0v) is 12.9. The van der Waals surface area contributed by atoms with E-state index in [4.69, 9.17) is 4.74 Å². The number of ether oxygens (including phenoxy) is 1. The van der Waals surface area contributed by atoms with Crippen molar-refractivity contribution in [3.8, 4) is 0 Å². The van der Waals surface area contributed by atoms with Crippen LogP contribution in [0.5, 0.6) is 0 Å². The number of carbonyl (C=O) groups is 2. The van der Waals surface area contributed by atoms with E-state index in [1.165, 1.54) is 0 Å². The van der Waals surface area contributed by atoms with Gasteiger partial charge in [-0.15, -0.1) is 0 Å². The molecule has 1 aliphatic heterocycles. The number of pyridine rings is 1. The summed E-state index contributed by atoms with van der Waals surface area (Å²) in [7, 11) is 0. The molecule has 20 heavy (non-hydrogen) atoms. The summed E-state index contributed by atoms with van der Waals surface area (Å²) in [5, 5.41) is 0. The minimum absolute atomic E-state index is 0.0982. The highest BCUT2D eigenvalue weighted by Crippen LogP contribution is 2.22. The van der Waals surface area contributed by atoms with Crippen LogP contribution >= 0.6 is 15.9 Å². The predicted octanol–water partition coefficient (Wildman–Crippen LogP) is 2.26. The van der Waals surface area contributed by atoms with E-state index in [1.807, 2.05) is 0 Å². The van der Waals surface area contributed by atoms with Crippen LogP contribution in [0.25, 0.3) is 0 Å². The van der Waals surface area contributed by atoms with Gasteiger partial charge >= 0.3 is 5.97 Å². The molecule has 0 bridgehead atoms. The summed E-state index contributed by atoms with van der Waals surface area (Å²) in [4.78, 5) is 30.0. The Labute approximate surface area is 126 Å². The highest BCUT2D eigenvalue weighted by molar-refractivity contribution is 9.10. The summed E-state index contributed by atoms with van der Waals surface area (Å²) in [6.45, 7) is 3.24. The molecular formula is C14H17BrN2O3. The van der Waals surface area contributed by atoms with Crippen LogP contribution in [0.15, 0.2) is 22.9 Å². The summed E-state index contributed by atoms with van der Waals surface area (Å²) in [6, 6.07) is 3.46. The molecule has 0 aromatic carbocycles. The lowest BCUT2D eigenvalue weighted by Gasteiger charge is -2.31.